The molecule has 4 nitrogen and oxygen atoms in total. The van der Waals surface area contributed by atoms with E-state index in [-0.39, 0.29) is 18.4 Å². The summed E-state index contributed by atoms with van der Waals surface area (Å²) in [6, 6.07) is 4.85. The Balaban J connectivity index is 2.60. The molecule has 0 aliphatic carbocycles. The summed E-state index contributed by atoms with van der Waals surface area (Å²) < 4.78 is 0.647. The van der Waals surface area contributed by atoms with Gasteiger partial charge in [0.15, 0.2) is 0 Å². The Kier molecular flexibility index (Phi) is 5.62. The molecule has 98 valence electrons. The normalized spacial score (nSPS) is 10.0. The van der Waals surface area contributed by atoms with E-state index in [1.165, 1.54) is 4.90 Å². The Hall–Kier alpha value is -1.07. The maximum atomic E-state index is 11.8. The van der Waals surface area contributed by atoms with E-state index in [2.05, 4.69) is 21.2 Å². The van der Waals surface area contributed by atoms with Crippen molar-refractivity contribution in [1.82, 2.24) is 10.2 Å². The average Bonchev–Trinajstić information content (AvgIpc) is 2.37. The van der Waals surface area contributed by atoms with Crippen LogP contribution in [-0.2, 0) is 4.79 Å². The molecule has 0 fully saturated rings. The molecule has 1 N–H and O–H groups in total. The van der Waals surface area contributed by atoms with Gasteiger partial charge in [0.25, 0.3) is 5.91 Å². The van der Waals surface area contributed by atoms with Gasteiger partial charge in [-0.3, -0.25) is 9.59 Å². The number of nitrogens with one attached hydrogen (secondary N) is 1. The number of carbonyl (C=O) groups excluding carboxylic acids is 2. The van der Waals surface area contributed by atoms with E-state index in [1.54, 1.807) is 25.2 Å². The maximum Gasteiger partial charge on any atom is 0.251 e. The zero-order chi connectivity index (χ0) is 13.7. The smallest absolute Gasteiger partial charge is 0.251 e. The first-order chi connectivity index (χ1) is 8.45. The average molecular weight is 334 g/mol. The molecule has 2 amide bonds. The molecule has 18 heavy (non-hydrogen) atoms. The van der Waals surface area contributed by atoms with Gasteiger partial charge in [-0.25, -0.2) is 0 Å². The second-order valence-corrected chi connectivity index (χ2v) is 4.98. The van der Waals surface area contributed by atoms with Gasteiger partial charge >= 0.3 is 0 Å². The lowest BCUT2D eigenvalue weighted by atomic mass is 10.2. The molecule has 0 aliphatic heterocycles. The SMILES string of the molecule is CCN(C)C(=O)CNC(=O)c1ccc(Cl)c(Br)c1. The van der Waals surface area contributed by atoms with E-state index in [0.717, 1.165) is 0 Å². The summed E-state index contributed by atoms with van der Waals surface area (Å²) in [6.07, 6.45) is 0. The third kappa shape index (κ3) is 3.99. The van der Waals surface area contributed by atoms with Crippen LogP contribution < -0.4 is 5.32 Å². The molecule has 0 unspecified atom stereocenters. The molecule has 1 rings (SSSR count). The van der Waals surface area contributed by atoms with Crippen LogP contribution in [0.25, 0.3) is 0 Å². The predicted octanol–water partition coefficient (Wildman–Crippen LogP) is 2.31. The fraction of sp³-hybridized carbons (Fsp3) is 0.333. The molecule has 0 saturated carbocycles. The third-order valence-electron chi connectivity index (χ3n) is 2.48. The van der Waals surface area contributed by atoms with Crippen molar-refractivity contribution in [2.45, 2.75) is 6.92 Å². The number of rotatable bonds is 4. The second-order valence-electron chi connectivity index (χ2n) is 3.72. The number of amides is 2. The van der Waals surface area contributed by atoms with Crippen LogP contribution in [0.4, 0.5) is 0 Å². The first-order valence-corrected chi connectivity index (χ1v) is 6.60. The maximum absolute atomic E-state index is 11.8. The molecule has 6 heteroatoms. The van der Waals surface area contributed by atoms with Gasteiger partial charge in [-0.15, -0.1) is 0 Å². The Labute approximate surface area is 119 Å². The number of benzene rings is 1. The minimum atomic E-state index is -0.301. The zero-order valence-electron chi connectivity index (χ0n) is 10.2. The van der Waals surface area contributed by atoms with Crippen LogP contribution in [0.2, 0.25) is 5.02 Å². The van der Waals surface area contributed by atoms with Gasteiger partial charge in [0.1, 0.15) is 0 Å². The van der Waals surface area contributed by atoms with Crippen molar-refractivity contribution in [2.24, 2.45) is 0 Å². The summed E-state index contributed by atoms with van der Waals surface area (Å²) in [5.41, 5.74) is 0.457. The first-order valence-electron chi connectivity index (χ1n) is 5.43. The molecular formula is C12H14BrClN2O2. The molecule has 0 saturated heterocycles. The molecule has 0 atom stereocenters. The lowest BCUT2D eigenvalue weighted by Crippen LogP contribution is -2.37. The van der Waals surface area contributed by atoms with Gasteiger partial charge in [-0.05, 0) is 41.1 Å². The lowest BCUT2D eigenvalue weighted by molar-refractivity contribution is -0.128. The monoisotopic (exact) mass is 332 g/mol. The minimum absolute atomic E-state index is 0.0105. The van der Waals surface area contributed by atoms with E-state index in [9.17, 15) is 9.59 Å². The summed E-state index contributed by atoms with van der Waals surface area (Å²) in [7, 11) is 1.69. The molecule has 0 heterocycles. The molecule has 0 radical (unpaired) electrons. The van der Waals surface area contributed by atoms with Crippen molar-refractivity contribution in [1.29, 1.82) is 0 Å². The summed E-state index contributed by atoms with van der Waals surface area (Å²) in [4.78, 5) is 24.8. The Bertz CT molecular complexity index is 465. The molecule has 0 aromatic heterocycles. The van der Waals surface area contributed by atoms with Crippen LogP contribution in [0.3, 0.4) is 0 Å². The van der Waals surface area contributed by atoms with Crippen LogP contribution in [-0.4, -0.2) is 36.9 Å². The van der Waals surface area contributed by atoms with E-state index in [4.69, 9.17) is 11.6 Å². The molecule has 1 aromatic rings. The molecule has 0 aliphatic rings. The number of hydrogen-bond donors (Lipinski definition) is 1. The van der Waals surface area contributed by atoms with Crippen molar-refractivity contribution in [2.75, 3.05) is 20.1 Å². The number of nitrogens with zero attached hydrogens (tertiary/aromatic N) is 1. The summed E-state index contributed by atoms with van der Waals surface area (Å²) in [5.74, 6) is -0.427. The van der Waals surface area contributed by atoms with Crippen LogP contribution in [0.1, 0.15) is 17.3 Å². The standard InChI is InChI=1S/C12H14BrClN2O2/c1-3-16(2)11(17)7-15-12(18)8-4-5-10(14)9(13)6-8/h4-6H,3,7H2,1-2H3,(H,15,18). The largest absolute Gasteiger partial charge is 0.345 e. The predicted molar refractivity (Wildman–Crippen MR) is 74.8 cm³/mol. The van der Waals surface area contributed by atoms with Crippen LogP contribution in [0, 0.1) is 0 Å². The third-order valence-corrected chi connectivity index (χ3v) is 3.70. The van der Waals surface area contributed by atoms with Crippen molar-refractivity contribution in [3.05, 3.63) is 33.3 Å². The van der Waals surface area contributed by atoms with Gasteiger partial charge < -0.3 is 10.2 Å². The van der Waals surface area contributed by atoms with Crippen molar-refractivity contribution in [3.63, 3.8) is 0 Å². The second kappa shape index (κ2) is 6.75. The highest BCUT2D eigenvalue weighted by Crippen LogP contribution is 2.23. The van der Waals surface area contributed by atoms with Gasteiger partial charge in [-0.1, -0.05) is 11.6 Å². The summed E-state index contributed by atoms with van der Waals surface area (Å²) in [5, 5.41) is 3.10. The van der Waals surface area contributed by atoms with E-state index in [0.29, 0.717) is 21.6 Å². The molecule has 0 bridgehead atoms. The highest BCUT2D eigenvalue weighted by atomic mass is 79.9. The quantitative estimate of drug-likeness (QED) is 0.919. The fourth-order valence-corrected chi connectivity index (χ4v) is 1.70. The number of likely N-dealkylation sites (N-methyl/N-ethyl adjacent to an activating group) is 1. The van der Waals surface area contributed by atoms with Gasteiger partial charge in [0.05, 0.1) is 11.6 Å². The number of halogens is 2. The van der Waals surface area contributed by atoms with Gasteiger partial charge in [-0.2, -0.15) is 0 Å². The minimum Gasteiger partial charge on any atom is -0.345 e. The van der Waals surface area contributed by atoms with E-state index >= 15 is 0 Å². The van der Waals surface area contributed by atoms with Crippen LogP contribution in [0.15, 0.2) is 22.7 Å². The molecular weight excluding hydrogens is 320 g/mol. The van der Waals surface area contributed by atoms with Gasteiger partial charge in [0.2, 0.25) is 5.91 Å². The van der Waals surface area contributed by atoms with Crippen LogP contribution >= 0.6 is 27.5 Å². The van der Waals surface area contributed by atoms with Crippen molar-refractivity contribution >= 4 is 39.3 Å². The molecule has 1 aromatic carbocycles. The number of carbonyl (C=O) groups is 2. The summed E-state index contributed by atoms with van der Waals surface area (Å²) >= 11 is 9.08. The highest BCUT2D eigenvalue weighted by molar-refractivity contribution is 9.10. The first kappa shape index (κ1) is 15.0. The fourth-order valence-electron chi connectivity index (χ4n) is 1.21. The van der Waals surface area contributed by atoms with Crippen molar-refractivity contribution < 1.29 is 9.59 Å². The summed E-state index contributed by atoms with van der Waals surface area (Å²) in [6.45, 7) is 2.47. The molecule has 0 spiro atoms. The highest BCUT2D eigenvalue weighted by Gasteiger charge is 2.11. The Morgan fingerprint density at radius 2 is 2.11 bits per heavy atom. The van der Waals surface area contributed by atoms with Gasteiger partial charge in [0, 0.05) is 23.6 Å². The zero-order valence-corrected chi connectivity index (χ0v) is 12.5. The number of hydrogen-bond acceptors (Lipinski definition) is 2. The lowest BCUT2D eigenvalue weighted by Gasteiger charge is -2.14. The topological polar surface area (TPSA) is 49.4 Å². The van der Waals surface area contributed by atoms with E-state index < -0.39 is 0 Å². The Morgan fingerprint density at radius 3 is 2.67 bits per heavy atom. The van der Waals surface area contributed by atoms with Crippen molar-refractivity contribution in [3.8, 4) is 0 Å². The van der Waals surface area contributed by atoms with E-state index in [1.807, 2.05) is 6.92 Å². The Morgan fingerprint density at radius 1 is 1.44 bits per heavy atom. The van der Waals surface area contributed by atoms with Crippen LogP contribution in [0.5, 0.6) is 0 Å².